The minimum Gasteiger partial charge on any atom is -0.144 e. The number of rotatable bonds is 6. The largest absolute Gasteiger partial charge is 0.144 e. The zero-order chi connectivity index (χ0) is 13.5. The third-order valence-corrected chi connectivity index (χ3v) is 4.15. The summed E-state index contributed by atoms with van der Waals surface area (Å²) in [6, 6.07) is 13.2. The van der Waals surface area contributed by atoms with Crippen molar-refractivity contribution in [3.8, 4) is 0 Å². The van der Waals surface area contributed by atoms with Crippen LogP contribution in [0.25, 0.3) is 11.6 Å². The molecule has 0 nitrogen and oxygen atoms in total. The molecule has 100 valence electrons. The Bertz CT molecular complexity index is 503. The van der Waals surface area contributed by atoms with Crippen LogP contribution in [0.3, 0.4) is 0 Å². The third-order valence-electron chi connectivity index (χ3n) is 3.33. The van der Waals surface area contributed by atoms with E-state index < -0.39 is 0 Å². The number of benzene rings is 1. The van der Waals surface area contributed by atoms with E-state index in [4.69, 9.17) is 0 Å². The highest BCUT2D eigenvalue weighted by atomic mass is 32.1. The van der Waals surface area contributed by atoms with Gasteiger partial charge in [0.15, 0.2) is 0 Å². The third kappa shape index (κ3) is 4.36. The molecule has 1 aromatic heterocycles. The number of allylic oxidation sites excluding steroid dienone is 1. The molecule has 0 atom stereocenters. The predicted octanol–water partition coefficient (Wildman–Crippen LogP) is 6.18. The Hall–Kier alpha value is -1.34. The fraction of sp³-hybridized carbons (Fsp3) is 0.333. The number of thiophene rings is 1. The van der Waals surface area contributed by atoms with Crippen molar-refractivity contribution in [3.05, 3.63) is 57.8 Å². The van der Waals surface area contributed by atoms with Gasteiger partial charge in [0, 0.05) is 4.88 Å². The first kappa shape index (κ1) is 14.1. The van der Waals surface area contributed by atoms with Gasteiger partial charge in [0.1, 0.15) is 0 Å². The van der Waals surface area contributed by atoms with E-state index in [1.807, 2.05) is 11.3 Å². The molecular formula is C18H22S. The molecule has 2 rings (SSSR count). The summed E-state index contributed by atoms with van der Waals surface area (Å²) in [6.45, 7) is 4.40. The molecule has 0 aliphatic heterocycles. The van der Waals surface area contributed by atoms with Crippen molar-refractivity contribution in [2.75, 3.05) is 0 Å². The molecule has 0 amide bonds. The zero-order valence-corrected chi connectivity index (χ0v) is 12.7. The number of hydrogen-bond donors (Lipinski definition) is 0. The van der Waals surface area contributed by atoms with Crippen LogP contribution in [-0.4, -0.2) is 0 Å². The van der Waals surface area contributed by atoms with Gasteiger partial charge in [0.2, 0.25) is 0 Å². The van der Waals surface area contributed by atoms with Crippen LogP contribution in [0.1, 0.15) is 48.6 Å². The second kappa shape index (κ2) is 7.30. The average Bonchev–Trinajstić information content (AvgIpc) is 2.92. The van der Waals surface area contributed by atoms with E-state index in [2.05, 4.69) is 61.7 Å². The fourth-order valence-electron chi connectivity index (χ4n) is 2.18. The molecule has 0 radical (unpaired) electrons. The van der Waals surface area contributed by atoms with E-state index in [0.717, 1.165) is 0 Å². The van der Waals surface area contributed by atoms with Crippen molar-refractivity contribution in [2.24, 2.45) is 0 Å². The van der Waals surface area contributed by atoms with E-state index in [1.165, 1.54) is 47.3 Å². The topological polar surface area (TPSA) is 0 Å². The lowest BCUT2D eigenvalue weighted by molar-refractivity contribution is 0.736. The van der Waals surface area contributed by atoms with Crippen LogP contribution >= 0.6 is 11.3 Å². The molecule has 0 aliphatic rings. The predicted molar refractivity (Wildman–Crippen MR) is 87.5 cm³/mol. The minimum absolute atomic E-state index is 1.18. The lowest BCUT2D eigenvalue weighted by Gasteiger charge is -2.08. The van der Waals surface area contributed by atoms with Crippen LogP contribution in [0.15, 0.2) is 41.8 Å². The molecule has 0 fully saturated rings. The Morgan fingerprint density at radius 3 is 2.53 bits per heavy atom. The fourth-order valence-corrected chi connectivity index (χ4v) is 2.86. The molecule has 19 heavy (non-hydrogen) atoms. The summed E-state index contributed by atoms with van der Waals surface area (Å²) < 4.78 is 0. The Balaban J connectivity index is 2.20. The van der Waals surface area contributed by atoms with Gasteiger partial charge in [-0.25, -0.2) is 0 Å². The maximum absolute atomic E-state index is 2.35. The highest BCUT2D eigenvalue weighted by Gasteiger charge is 2.02. The van der Waals surface area contributed by atoms with Crippen LogP contribution in [-0.2, 0) is 0 Å². The van der Waals surface area contributed by atoms with Crippen molar-refractivity contribution < 1.29 is 0 Å². The van der Waals surface area contributed by atoms with Crippen LogP contribution in [0, 0.1) is 6.92 Å². The summed E-state index contributed by atoms with van der Waals surface area (Å²) in [5, 5.41) is 2.14. The number of hydrogen-bond acceptors (Lipinski definition) is 1. The van der Waals surface area contributed by atoms with Gasteiger partial charge < -0.3 is 0 Å². The van der Waals surface area contributed by atoms with Gasteiger partial charge >= 0.3 is 0 Å². The van der Waals surface area contributed by atoms with Gasteiger partial charge in [-0.05, 0) is 48.4 Å². The average molecular weight is 270 g/mol. The maximum Gasteiger partial charge on any atom is 0.0273 e. The standard InChI is InChI=1S/C18H22S/c1-3-4-5-7-17(14-18-8-6-13-19-18)16-11-9-15(2)10-12-16/h6,8-14H,3-5,7H2,1-2H3/b17-14-. The summed E-state index contributed by atoms with van der Waals surface area (Å²) in [5.74, 6) is 0. The first-order valence-electron chi connectivity index (χ1n) is 7.10. The summed E-state index contributed by atoms with van der Waals surface area (Å²) in [5.41, 5.74) is 4.17. The van der Waals surface area contributed by atoms with Crippen LogP contribution in [0.2, 0.25) is 0 Å². The SMILES string of the molecule is CCCCC/C(=C/c1cccs1)c1ccc(C)cc1. The molecule has 1 aromatic carbocycles. The first-order chi connectivity index (χ1) is 9.29. The summed E-state index contributed by atoms with van der Waals surface area (Å²) in [6.07, 6.45) is 7.40. The van der Waals surface area contributed by atoms with Crippen molar-refractivity contribution in [3.63, 3.8) is 0 Å². The van der Waals surface area contributed by atoms with E-state index in [0.29, 0.717) is 0 Å². The van der Waals surface area contributed by atoms with Crippen molar-refractivity contribution in [1.82, 2.24) is 0 Å². The van der Waals surface area contributed by atoms with E-state index >= 15 is 0 Å². The lowest BCUT2D eigenvalue weighted by atomic mass is 9.98. The zero-order valence-electron chi connectivity index (χ0n) is 11.9. The molecule has 0 aliphatic carbocycles. The quantitative estimate of drug-likeness (QED) is 0.550. The molecule has 1 heterocycles. The Labute approximate surface area is 120 Å². The van der Waals surface area contributed by atoms with Gasteiger partial charge in [-0.3, -0.25) is 0 Å². The summed E-state index contributed by atoms with van der Waals surface area (Å²) >= 11 is 1.81. The highest BCUT2D eigenvalue weighted by molar-refractivity contribution is 7.10. The van der Waals surface area contributed by atoms with Gasteiger partial charge in [-0.1, -0.05) is 55.7 Å². The van der Waals surface area contributed by atoms with E-state index in [-0.39, 0.29) is 0 Å². The summed E-state index contributed by atoms with van der Waals surface area (Å²) in [4.78, 5) is 1.35. The van der Waals surface area contributed by atoms with Crippen molar-refractivity contribution >= 4 is 23.0 Å². The smallest absolute Gasteiger partial charge is 0.0273 e. The molecule has 0 saturated carbocycles. The van der Waals surface area contributed by atoms with Crippen molar-refractivity contribution in [1.29, 1.82) is 0 Å². The number of aryl methyl sites for hydroxylation is 1. The number of unbranched alkanes of at least 4 members (excludes halogenated alkanes) is 2. The van der Waals surface area contributed by atoms with E-state index in [9.17, 15) is 0 Å². The van der Waals surface area contributed by atoms with Crippen molar-refractivity contribution in [2.45, 2.75) is 39.5 Å². The normalized spacial score (nSPS) is 11.8. The van der Waals surface area contributed by atoms with Gasteiger partial charge in [-0.2, -0.15) is 0 Å². The molecule has 2 aromatic rings. The van der Waals surface area contributed by atoms with Crippen LogP contribution in [0.5, 0.6) is 0 Å². The monoisotopic (exact) mass is 270 g/mol. The molecule has 0 spiro atoms. The molecule has 0 saturated heterocycles. The van der Waals surface area contributed by atoms with Gasteiger partial charge in [0.25, 0.3) is 0 Å². The highest BCUT2D eigenvalue weighted by Crippen LogP contribution is 2.26. The van der Waals surface area contributed by atoms with Gasteiger partial charge in [-0.15, -0.1) is 11.3 Å². The molecule has 0 unspecified atom stereocenters. The van der Waals surface area contributed by atoms with Gasteiger partial charge in [0.05, 0.1) is 0 Å². The lowest BCUT2D eigenvalue weighted by Crippen LogP contribution is -1.86. The first-order valence-corrected chi connectivity index (χ1v) is 7.98. The molecule has 0 bridgehead atoms. The second-order valence-corrected chi connectivity index (χ2v) is 5.99. The summed E-state index contributed by atoms with van der Waals surface area (Å²) in [7, 11) is 0. The molecule has 0 N–H and O–H groups in total. The Kier molecular flexibility index (Phi) is 5.41. The molecule has 1 heteroatoms. The Morgan fingerprint density at radius 1 is 1.11 bits per heavy atom. The van der Waals surface area contributed by atoms with Crippen LogP contribution in [0.4, 0.5) is 0 Å². The molecular weight excluding hydrogens is 248 g/mol. The minimum atomic E-state index is 1.18. The Morgan fingerprint density at radius 2 is 1.89 bits per heavy atom. The van der Waals surface area contributed by atoms with E-state index in [1.54, 1.807) is 0 Å². The van der Waals surface area contributed by atoms with Crippen LogP contribution < -0.4 is 0 Å². The second-order valence-electron chi connectivity index (χ2n) is 5.01. The maximum atomic E-state index is 2.35.